The van der Waals surface area contributed by atoms with Crippen LogP contribution < -0.4 is 0 Å². The second kappa shape index (κ2) is 11.8. The number of halogens is 4. The molecule has 2 aliphatic rings. The number of hydrogen-bond acceptors (Lipinski definition) is 2. The molecule has 2 aromatic carbocycles. The third-order valence-electron chi connectivity index (χ3n) is 8.30. The highest BCUT2D eigenvalue weighted by molar-refractivity contribution is 5.90. The lowest BCUT2D eigenvalue weighted by atomic mass is 9.77. The van der Waals surface area contributed by atoms with Crippen LogP contribution in [0.25, 0.3) is 0 Å². The van der Waals surface area contributed by atoms with Crippen molar-refractivity contribution in [1.82, 2.24) is 0 Å². The number of hydrogen-bond donors (Lipinski definition) is 0. The van der Waals surface area contributed by atoms with Crippen LogP contribution in [0, 0.1) is 29.2 Å². The number of carbonyl (C=O) groups excluding carboxylic acids is 1. The van der Waals surface area contributed by atoms with Gasteiger partial charge in [-0.1, -0.05) is 44.9 Å². The Morgan fingerprint density at radius 1 is 0.750 bits per heavy atom. The smallest absolute Gasteiger partial charge is 0.341 e. The Morgan fingerprint density at radius 3 is 1.89 bits per heavy atom. The van der Waals surface area contributed by atoms with Gasteiger partial charge in [-0.15, -0.1) is 0 Å². The highest BCUT2D eigenvalue weighted by Gasteiger charge is 2.31. The van der Waals surface area contributed by atoms with Crippen molar-refractivity contribution in [3.8, 4) is 0 Å². The molecule has 0 aromatic heterocycles. The molecule has 0 N–H and O–H groups in total. The maximum absolute atomic E-state index is 14.9. The van der Waals surface area contributed by atoms with Gasteiger partial charge >= 0.3 is 5.97 Å². The summed E-state index contributed by atoms with van der Waals surface area (Å²) in [5.74, 6) is -4.08. The maximum atomic E-state index is 14.9. The summed E-state index contributed by atoms with van der Waals surface area (Å²) in [4.78, 5) is 12.7. The van der Waals surface area contributed by atoms with Crippen molar-refractivity contribution >= 4 is 5.97 Å². The second-order valence-corrected chi connectivity index (χ2v) is 10.5. The van der Waals surface area contributed by atoms with Crippen molar-refractivity contribution in [2.24, 2.45) is 5.92 Å². The van der Waals surface area contributed by atoms with Crippen LogP contribution >= 0.6 is 0 Å². The van der Waals surface area contributed by atoms with Crippen LogP contribution in [-0.2, 0) is 11.2 Å². The predicted octanol–water partition coefficient (Wildman–Crippen LogP) is 8.76. The molecule has 0 bridgehead atoms. The molecule has 2 aliphatic carbocycles. The first-order chi connectivity index (χ1) is 17.3. The van der Waals surface area contributed by atoms with Crippen LogP contribution in [0.15, 0.2) is 24.3 Å². The van der Waals surface area contributed by atoms with Crippen molar-refractivity contribution in [3.05, 3.63) is 69.8 Å². The zero-order chi connectivity index (χ0) is 25.8. The minimum absolute atomic E-state index is 0.0241. The van der Waals surface area contributed by atoms with Gasteiger partial charge in [0.1, 0.15) is 6.10 Å². The topological polar surface area (TPSA) is 26.3 Å². The third-order valence-corrected chi connectivity index (χ3v) is 8.30. The number of aryl methyl sites for hydroxylation is 1. The molecule has 2 aromatic rings. The fourth-order valence-electron chi connectivity index (χ4n) is 6.01. The van der Waals surface area contributed by atoms with Gasteiger partial charge in [-0.25, -0.2) is 22.4 Å². The van der Waals surface area contributed by atoms with E-state index < -0.39 is 35.3 Å². The van der Waals surface area contributed by atoms with Crippen LogP contribution in [0.1, 0.15) is 117 Å². The van der Waals surface area contributed by atoms with Crippen molar-refractivity contribution in [3.63, 3.8) is 0 Å². The summed E-state index contributed by atoms with van der Waals surface area (Å²) in [6, 6.07) is 6.18. The fraction of sp³-hybridized carbons (Fsp3) is 0.567. The predicted molar refractivity (Wildman–Crippen MR) is 132 cm³/mol. The van der Waals surface area contributed by atoms with Gasteiger partial charge in [0, 0.05) is 0 Å². The monoisotopic (exact) mass is 504 g/mol. The minimum atomic E-state index is -1.14. The van der Waals surface area contributed by atoms with E-state index in [0.29, 0.717) is 54.7 Å². The van der Waals surface area contributed by atoms with Gasteiger partial charge in [0.15, 0.2) is 23.3 Å². The molecule has 0 aliphatic heterocycles. The zero-order valence-corrected chi connectivity index (χ0v) is 21.2. The average molecular weight is 505 g/mol. The second-order valence-electron chi connectivity index (χ2n) is 10.5. The molecule has 4 rings (SSSR count). The Kier molecular flexibility index (Phi) is 8.74. The van der Waals surface area contributed by atoms with Crippen molar-refractivity contribution < 1.29 is 27.1 Å². The van der Waals surface area contributed by atoms with Gasteiger partial charge in [0.25, 0.3) is 0 Å². The van der Waals surface area contributed by atoms with Gasteiger partial charge in [-0.2, -0.15) is 0 Å². The first-order valence-electron chi connectivity index (χ1n) is 13.5. The first-order valence-corrected chi connectivity index (χ1v) is 13.5. The van der Waals surface area contributed by atoms with E-state index in [2.05, 4.69) is 6.92 Å². The van der Waals surface area contributed by atoms with Gasteiger partial charge in [-0.3, -0.25) is 0 Å². The summed E-state index contributed by atoms with van der Waals surface area (Å²) in [7, 11) is 0. The Hall–Kier alpha value is -2.37. The Balaban J connectivity index is 1.36. The summed E-state index contributed by atoms with van der Waals surface area (Å²) in [5, 5.41) is 0. The molecular formula is C30H36F4O2. The highest BCUT2D eigenvalue weighted by atomic mass is 19.2. The van der Waals surface area contributed by atoms with E-state index in [1.165, 1.54) is 12.1 Å². The van der Waals surface area contributed by atoms with Crippen molar-refractivity contribution in [1.29, 1.82) is 0 Å². The summed E-state index contributed by atoms with van der Waals surface area (Å²) >= 11 is 0. The lowest BCUT2D eigenvalue weighted by Gasteiger charge is -2.29. The number of esters is 1. The van der Waals surface area contributed by atoms with Crippen LogP contribution in [0.4, 0.5) is 17.6 Å². The standard InChI is InChI=1S/C30H36F4O2/c1-3-5-21-12-15-23(27(32)26(21)31)20-10-13-22(14-11-20)36-30(35)25-17-16-24(28(33)29(25)34)19-8-6-18(4-2)7-9-19/h12,15-20,22H,3-11,13-14H2,1-2H3. The molecule has 36 heavy (non-hydrogen) atoms. The molecule has 0 saturated heterocycles. The van der Waals surface area contributed by atoms with Crippen LogP contribution in [0.2, 0.25) is 0 Å². The quantitative estimate of drug-likeness (QED) is 0.278. The van der Waals surface area contributed by atoms with Crippen LogP contribution in [-0.4, -0.2) is 12.1 Å². The Bertz CT molecular complexity index is 1070. The SMILES string of the molecule is CCCc1ccc(C2CCC(OC(=O)c3ccc(C4CCC(CC)CC4)c(F)c3F)CC2)c(F)c1F. The summed E-state index contributed by atoms with van der Waals surface area (Å²) < 4.78 is 64.3. The van der Waals surface area contributed by atoms with E-state index in [4.69, 9.17) is 4.74 Å². The number of benzene rings is 2. The van der Waals surface area contributed by atoms with Crippen molar-refractivity contribution in [2.45, 2.75) is 102 Å². The van der Waals surface area contributed by atoms with E-state index in [9.17, 15) is 22.4 Å². The fourth-order valence-corrected chi connectivity index (χ4v) is 6.01. The van der Waals surface area contributed by atoms with E-state index in [1.807, 2.05) is 6.92 Å². The van der Waals surface area contributed by atoms with E-state index in [-0.39, 0.29) is 17.4 Å². The zero-order valence-electron chi connectivity index (χ0n) is 21.2. The van der Waals surface area contributed by atoms with E-state index in [1.54, 1.807) is 12.1 Å². The molecule has 196 valence electrons. The number of carbonyl (C=O) groups is 1. The van der Waals surface area contributed by atoms with Crippen molar-refractivity contribution in [2.75, 3.05) is 0 Å². The lowest BCUT2D eigenvalue weighted by Crippen LogP contribution is -2.25. The van der Waals surface area contributed by atoms with Gasteiger partial charge in [0.05, 0.1) is 5.56 Å². The molecule has 2 nitrogen and oxygen atoms in total. The molecule has 2 fully saturated rings. The first kappa shape index (κ1) is 26.7. The molecule has 0 radical (unpaired) electrons. The third kappa shape index (κ3) is 5.63. The minimum Gasteiger partial charge on any atom is -0.459 e. The molecule has 6 heteroatoms. The maximum Gasteiger partial charge on any atom is 0.341 e. The molecule has 0 spiro atoms. The molecule has 0 unspecified atom stereocenters. The Labute approximate surface area is 211 Å². The molecular weight excluding hydrogens is 468 g/mol. The summed E-state index contributed by atoms with van der Waals surface area (Å²) in [6.45, 7) is 4.07. The lowest BCUT2D eigenvalue weighted by molar-refractivity contribution is 0.0188. The molecule has 0 amide bonds. The molecule has 2 saturated carbocycles. The number of ether oxygens (including phenoxy) is 1. The average Bonchev–Trinajstić information content (AvgIpc) is 2.89. The van der Waals surface area contributed by atoms with Gasteiger partial charge < -0.3 is 4.74 Å². The Morgan fingerprint density at radius 2 is 1.31 bits per heavy atom. The number of rotatable bonds is 7. The normalized spacial score (nSPS) is 24.5. The highest BCUT2D eigenvalue weighted by Crippen LogP contribution is 2.39. The molecule has 0 atom stereocenters. The van der Waals surface area contributed by atoms with Gasteiger partial charge in [-0.05, 0) is 98.3 Å². The summed E-state index contributed by atoms with van der Waals surface area (Å²) in [6.07, 6.45) is 7.50. The molecule has 0 heterocycles. The van der Waals surface area contributed by atoms with E-state index in [0.717, 1.165) is 38.5 Å². The van der Waals surface area contributed by atoms with Crippen LogP contribution in [0.5, 0.6) is 0 Å². The van der Waals surface area contributed by atoms with Crippen LogP contribution in [0.3, 0.4) is 0 Å². The summed E-state index contributed by atoms with van der Waals surface area (Å²) in [5.41, 5.74) is 0.697. The van der Waals surface area contributed by atoms with Gasteiger partial charge in [0.2, 0.25) is 0 Å². The van der Waals surface area contributed by atoms with E-state index >= 15 is 0 Å². The largest absolute Gasteiger partial charge is 0.459 e.